The summed E-state index contributed by atoms with van der Waals surface area (Å²) in [5.74, 6) is 0.813. The molecule has 1 amide bonds. The van der Waals surface area contributed by atoms with Crippen LogP contribution in [-0.2, 0) is 6.42 Å². The molecule has 5 nitrogen and oxygen atoms in total. The van der Waals surface area contributed by atoms with Crippen LogP contribution >= 0.6 is 0 Å². The first-order valence-corrected chi connectivity index (χ1v) is 10.8. The minimum Gasteiger partial charge on any atom is -0.357 e. The SMILES string of the molecule is CCNC(=NCCc1cccc(C(=O)N(C)C)c1)NC(C)c1cccc2ccccc12. The molecule has 162 valence electrons. The van der Waals surface area contributed by atoms with Crippen LogP contribution in [0.25, 0.3) is 10.8 Å². The van der Waals surface area contributed by atoms with Gasteiger partial charge in [-0.1, -0.05) is 54.6 Å². The third kappa shape index (κ3) is 5.85. The van der Waals surface area contributed by atoms with Gasteiger partial charge in [-0.3, -0.25) is 9.79 Å². The van der Waals surface area contributed by atoms with E-state index in [0.717, 1.165) is 24.5 Å². The Morgan fingerprint density at radius 3 is 2.55 bits per heavy atom. The zero-order valence-corrected chi connectivity index (χ0v) is 18.9. The van der Waals surface area contributed by atoms with Crippen LogP contribution in [0.3, 0.4) is 0 Å². The molecule has 1 atom stereocenters. The summed E-state index contributed by atoms with van der Waals surface area (Å²) in [7, 11) is 3.54. The predicted octanol–water partition coefficient (Wildman–Crippen LogP) is 4.40. The molecule has 0 radical (unpaired) electrons. The molecule has 0 saturated heterocycles. The number of amides is 1. The number of fused-ring (bicyclic) bond motifs is 1. The van der Waals surface area contributed by atoms with Crippen molar-refractivity contribution >= 4 is 22.6 Å². The molecular formula is C26H32N4O. The van der Waals surface area contributed by atoms with Crippen molar-refractivity contribution in [2.75, 3.05) is 27.2 Å². The van der Waals surface area contributed by atoms with Crippen LogP contribution < -0.4 is 10.6 Å². The fourth-order valence-corrected chi connectivity index (χ4v) is 3.65. The van der Waals surface area contributed by atoms with Gasteiger partial charge in [0.2, 0.25) is 0 Å². The Bertz CT molecular complexity index is 1050. The molecule has 3 rings (SSSR count). The van der Waals surface area contributed by atoms with E-state index < -0.39 is 0 Å². The van der Waals surface area contributed by atoms with Crippen molar-refractivity contribution in [3.63, 3.8) is 0 Å². The molecule has 0 aliphatic carbocycles. The average molecular weight is 417 g/mol. The first-order chi connectivity index (χ1) is 15.0. The quantitative estimate of drug-likeness (QED) is 0.443. The van der Waals surface area contributed by atoms with Crippen LogP contribution in [0.15, 0.2) is 71.7 Å². The van der Waals surface area contributed by atoms with Crippen LogP contribution in [0.5, 0.6) is 0 Å². The number of nitrogens with zero attached hydrogens (tertiary/aromatic N) is 2. The zero-order valence-electron chi connectivity index (χ0n) is 18.9. The van der Waals surface area contributed by atoms with Crippen LogP contribution in [0.2, 0.25) is 0 Å². The Balaban J connectivity index is 1.69. The number of rotatable bonds is 7. The van der Waals surface area contributed by atoms with E-state index in [1.807, 2.05) is 24.3 Å². The average Bonchev–Trinajstić information content (AvgIpc) is 2.78. The van der Waals surface area contributed by atoms with Crippen molar-refractivity contribution in [2.24, 2.45) is 4.99 Å². The van der Waals surface area contributed by atoms with E-state index in [0.29, 0.717) is 12.1 Å². The van der Waals surface area contributed by atoms with Gasteiger partial charge in [-0.2, -0.15) is 0 Å². The van der Waals surface area contributed by atoms with Crippen LogP contribution in [-0.4, -0.2) is 44.0 Å². The molecule has 0 bridgehead atoms. The van der Waals surface area contributed by atoms with Crippen LogP contribution in [0.1, 0.15) is 41.4 Å². The number of benzene rings is 3. The van der Waals surface area contributed by atoms with Gasteiger partial charge in [0.25, 0.3) is 5.91 Å². The summed E-state index contributed by atoms with van der Waals surface area (Å²) in [5, 5.41) is 9.37. The lowest BCUT2D eigenvalue weighted by Gasteiger charge is -2.20. The van der Waals surface area contributed by atoms with Gasteiger partial charge in [-0.25, -0.2) is 0 Å². The first-order valence-electron chi connectivity index (χ1n) is 10.8. The fraction of sp³-hybridized carbons (Fsp3) is 0.308. The highest BCUT2D eigenvalue weighted by Gasteiger charge is 2.11. The molecular weight excluding hydrogens is 384 g/mol. The maximum absolute atomic E-state index is 12.2. The largest absolute Gasteiger partial charge is 0.357 e. The molecule has 3 aromatic rings. The molecule has 0 saturated carbocycles. The predicted molar refractivity (Wildman–Crippen MR) is 130 cm³/mol. The summed E-state index contributed by atoms with van der Waals surface area (Å²) >= 11 is 0. The molecule has 0 heterocycles. The van der Waals surface area contributed by atoms with E-state index in [2.05, 4.69) is 66.9 Å². The third-order valence-electron chi connectivity index (χ3n) is 5.24. The van der Waals surface area contributed by atoms with E-state index in [-0.39, 0.29) is 11.9 Å². The van der Waals surface area contributed by atoms with E-state index in [4.69, 9.17) is 4.99 Å². The highest BCUT2D eigenvalue weighted by molar-refractivity contribution is 5.94. The van der Waals surface area contributed by atoms with Gasteiger partial charge < -0.3 is 15.5 Å². The Morgan fingerprint density at radius 2 is 1.77 bits per heavy atom. The Morgan fingerprint density at radius 1 is 1.03 bits per heavy atom. The fourth-order valence-electron chi connectivity index (χ4n) is 3.65. The maximum Gasteiger partial charge on any atom is 0.253 e. The van der Waals surface area contributed by atoms with Crippen molar-refractivity contribution < 1.29 is 4.79 Å². The van der Waals surface area contributed by atoms with Gasteiger partial charge in [0, 0.05) is 32.7 Å². The molecule has 0 aliphatic rings. The summed E-state index contributed by atoms with van der Waals surface area (Å²) in [5.41, 5.74) is 3.06. The highest BCUT2D eigenvalue weighted by atomic mass is 16.2. The molecule has 2 N–H and O–H groups in total. The lowest BCUT2D eigenvalue weighted by atomic mass is 10.00. The summed E-state index contributed by atoms with van der Waals surface area (Å²) in [6.45, 7) is 5.65. The number of carbonyl (C=O) groups is 1. The van der Waals surface area contributed by atoms with Crippen molar-refractivity contribution in [1.29, 1.82) is 0 Å². The zero-order chi connectivity index (χ0) is 22.2. The van der Waals surface area contributed by atoms with Crippen molar-refractivity contribution in [3.8, 4) is 0 Å². The number of hydrogen-bond donors (Lipinski definition) is 2. The molecule has 5 heteroatoms. The van der Waals surface area contributed by atoms with Crippen molar-refractivity contribution in [2.45, 2.75) is 26.3 Å². The van der Waals surface area contributed by atoms with Gasteiger partial charge in [0.05, 0.1) is 6.04 Å². The highest BCUT2D eigenvalue weighted by Crippen LogP contribution is 2.23. The van der Waals surface area contributed by atoms with E-state index in [1.54, 1.807) is 19.0 Å². The molecule has 1 unspecified atom stereocenters. The number of guanidine groups is 1. The van der Waals surface area contributed by atoms with Gasteiger partial charge in [0.15, 0.2) is 5.96 Å². The monoisotopic (exact) mass is 416 g/mol. The standard InChI is InChI=1S/C26H32N4O/c1-5-27-26(28-17-16-20-10-8-13-22(18-20)25(31)30(3)4)29-19(2)23-15-9-12-21-11-6-7-14-24(21)23/h6-15,18-19H,5,16-17H2,1-4H3,(H2,27,28,29). The summed E-state index contributed by atoms with van der Waals surface area (Å²) in [4.78, 5) is 18.6. The number of nitrogens with one attached hydrogen (secondary N) is 2. The van der Waals surface area contributed by atoms with E-state index in [9.17, 15) is 4.79 Å². The van der Waals surface area contributed by atoms with Crippen LogP contribution in [0.4, 0.5) is 0 Å². The minimum absolute atomic E-state index is 0.0178. The minimum atomic E-state index is 0.0178. The lowest BCUT2D eigenvalue weighted by Crippen LogP contribution is -2.39. The smallest absolute Gasteiger partial charge is 0.253 e. The lowest BCUT2D eigenvalue weighted by molar-refractivity contribution is 0.0827. The second kappa shape index (κ2) is 10.6. The van der Waals surface area contributed by atoms with Crippen LogP contribution in [0, 0.1) is 0 Å². The second-order valence-electron chi connectivity index (χ2n) is 7.85. The third-order valence-corrected chi connectivity index (χ3v) is 5.24. The van der Waals surface area contributed by atoms with Gasteiger partial charge in [0.1, 0.15) is 0 Å². The normalized spacial score (nSPS) is 12.5. The first kappa shape index (κ1) is 22.3. The van der Waals surface area contributed by atoms with E-state index in [1.165, 1.54) is 16.3 Å². The Hall–Kier alpha value is -3.34. The summed E-state index contributed by atoms with van der Waals surface area (Å²) in [6, 6.07) is 22.7. The Labute approximate surface area is 185 Å². The number of aliphatic imine (C=N–C) groups is 1. The molecule has 31 heavy (non-hydrogen) atoms. The molecule has 0 aliphatic heterocycles. The topological polar surface area (TPSA) is 56.7 Å². The maximum atomic E-state index is 12.2. The van der Waals surface area contributed by atoms with Gasteiger partial charge in [-0.05, 0) is 54.3 Å². The molecule has 3 aromatic carbocycles. The molecule has 0 fully saturated rings. The summed E-state index contributed by atoms with van der Waals surface area (Å²) < 4.78 is 0. The van der Waals surface area contributed by atoms with Crippen molar-refractivity contribution in [3.05, 3.63) is 83.4 Å². The van der Waals surface area contributed by atoms with Gasteiger partial charge >= 0.3 is 0 Å². The molecule has 0 spiro atoms. The second-order valence-corrected chi connectivity index (χ2v) is 7.85. The summed E-state index contributed by atoms with van der Waals surface area (Å²) in [6.07, 6.45) is 0.772. The van der Waals surface area contributed by atoms with Gasteiger partial charge in [-0.15, -0.1) is 0 Å². The van der Waals surface area contributed by atoms with E-state index >= 15 is 0 Å². The number of hydrogen-bond acceptors (Lipinski definition) is 2. The molecule has 0 aromatic heterocycles. The van der Waals surface area contributed by atoms with Crippen molar-refractivity contribution in [1.82, 2.24) is 15.5 Å². The number of carbonyl (C=O) groups excluding carboxylic acids is 1. The Kier molecular flexibility index (Phi) is 7.65.